The van der Waals surface area contributed by atoms with Gasteiger partial charge in [0.1, 0.15) is 11.6 Å². The van der Waals surface area contributed by atoms with Crippen molar-refractivity contribution in [1.82, 2.24) is 10.2 Å². The van der Waals surface area contributed by atoms with Gasteiger partial charge in [-0.3, -0.25) is 0 Å². The lowest BCUT2D eigenvalue weighted by atomic mass is 10.5. The van der Waals surface area contributed by atoms with Crippen LogP contribution in [0.15, 0.2) is 12.1 Å². The summed E-state index contributed by atoms with van der Waals surface area (Å²) in [4.78, 5) is 0. The second-order valence-electron chi connectivity index (χ2n) is 1.90. The standard InChI is InChI=1S/C7H8N4/c1-2-5-9-7-4-3-6(8)10-11-7/h1,3-4H,5H2,(H2,8,10)(H,9,11). The summed E-state index contributed by atoms with van der Waals surface area (Å²) in [5.41, 5.74) is 5.31. The predicted molar refractivity (Wildman–Crippen MR) is 43.8 cm³/mol. The molecule has 0 fully saturated rings. The van der Waals surface area contributed by atoms with Gasteiger partial charge in [-0.2, -0.15) is 0 Å². The van der Waals surface area contributed by atoms with E-state index in [1.54, 1.807) is 12.1 Å². The molecular formula is C7H8N4. The molecule has 56 valence electrons. The Labute approximate surface area is 64.8 Å². The number of nitrogens with one attached hydrogen (secondary N) is 1. The molecule has 0 bridgehead atoms. The average Bonchev–Trinajstić information content (AvgIpc) is 2.04. The van der Waals surface area contributed by atoms with Gasteiger partial charge in [-0.1, -0.05) is 5.92 Å². The van der Waals surface area contributed by atoms with Crippen LogP contribution in [0, 0.1) is 12.3 Å². The topological polar surface area (TPSA) is 63.8 Å². The predicted octanol–water partition coefficient (Wildman–Crippen LogP) is 0.104. The minimum Gasteiger partial charge on any atom is -0.382 e. The van der Waals surface area contributed by atoms with Crippen molar-refractivity contribution < 1.29 is 0 Å². The number of nitrogens with zero attached hydrogens (tertiary/aromatic N) is 2. The maximum Gasteiger partial charge on any atom is 0.149 e. The molecule has 1 aromatic rings. The van der Waals surface area contributed by atoms with Crippen LogP contribution in [0.3, 0.4) is 0 Å². The fraction of sp³-hybridized carbons (Fsp3) is 0.143. The molecule has 0 radical (unpaired) electrons. The van der Waals surface area contributed by atoms with Crippen LogP contribution in [-0.2, 0) is 0 Å². The van der Waals surface area contributed by atoms with Gasteiger partial charge in [0.05, 0.1) is 6.54 Å². The minimum absolute atomic E-state index is 0.399. The van der Waals surface area contributed by atoms with Gasteiger partial charge >= 0.3 is 0 Å². The molecule has 0 unspecified atom stereocenters. The number of aromatic nitrogens is 2. The van der Waals surface area contributed by atoms with Crippen molar-refractivity contribution in [3.05, 3.63) is 12.1 Å². The van der Waals surface area contributed by atoms with Crippen LogP contribution in [0.4, 0.5) is 11.6 Å². The lowest BCUT2D eigenvalue weighted by Crippen LogP contribution is -2.02. The largest absolute Gasteiger partial charge is 0.382 e. The Morgan fingerprint density at radius 2 is 2.36 bits per heavy atom. The van der Waals surface area contributed by atoms with E-state index in [4.69, 9.17) is 12.2 Å². The van der Waals surface area contributed by atoms with E-state index >= 15 is 0 Å². The summed E-state index contributed by atoms with van der Waals surface area (Å²) in [6.45, 7) is 0.443. The highest BCUT2D eigenvalue weighted by molar-refractivity contribution is 5.39. The van der Waals surface area contributed by atoms with Crippen LogP contribution in [0.5, 0.6) is 0 Å². The third kappa shape index (κ3) is 2.14. The van der Waals surface area contributed by atoms with Crippen molar-refractivity contribution in [2.75, 3.05) is 17.6 Å². The molecule has 0 aliphatic carbocycles. The van der Waals surface area contributed by atoms with Crippen molar-refractivity contribution in [1.29, 1.82) is 0 Å². The molecule has 0 saturated heterocycles. The summed E-state index contributed by atoms with van der Waals surface area (Å²) >= 11 is 0. The Morgan fingerprint density at radius 1 is 1.55 bits per heavy atom. The second kappa shape index (κ2) is 3.42. The van der Waals surface area contributed by atoms with E-state index in [9.17, 15) is 0 Å². The fourth-order valence-electron chi connectivity index (χ4n) is 0.578. The quantitative estimate of drug-likeness (QED) is 0.584. The summed E-state index contributed by atoms with van der Waals surface area (Å²) in [6, 6.07) is 3.38. The van der Waals surface area contributed by atoms with Gasteiger partial charge in [-0.15, -0.1) is 16.6 Å². The van der Waals surface area contributed by atoms with Crippen LogP contribution < -0.4 is 11.1 Å². The van der Waals surface area contributed by atoms with Crippen molar-refractivity contribution >= 4 is 11.6 Å². The van der Waals surface area contributed by atoms with E-state index in [0.29, 0.717) is 18.2 Å². The van der Waals surface area contributed by atoms with Crippen LogP contribution in [0.1, 0.15) is 0 Å². The van der Waals surface area contributed by atoms with Crippen molar-refractivity contribution in [2.45, 2.75) is 0 Å². The van der Waals surface area contributed by atoms with Crippen molar-refractivity contribution in [3.8, 4) is 12.3 Å². The first-order chi connectivity index (χ1) is 5.33. The van der Waals surface area contributed by atoms with E-state index in [0.717, 1.165) is 0 Å². The van der Waals surface area contributed by atoms with Gasteiger partial charge in [0.15, 0.2) is 0 Å². The molecule has 1 aromatic heterocycles. The molecule has 0 spiro atoms. The smallest absolute Gasteiger partial charge is 0.149 e. The number of terminal acetylenes is 1. The molecule has 4 nitrogen and oxygen atoms in total. The third-order valence-corrected chi connectivity index (χ3v) is 1.06. The van der Waals surface area contributed by atoms with Crippen molar-refractivity contribution in [3.63, 3.8) is 0 Å². The van der Waals surface area contributed by atoms with Gasteiger partial charge in [0.2, 0.25) is 0 Å². The number of rotatable bonds is 2. The lowest BCUT2D eigenvalue weighted by Gasteiger charge is -1.98. The van der Waals surface area contributed by atoms with E-state index in [2.05, 4.69) is 21.4 Å². The number of hydrogen-bond acceptors (Lipinski definition) is 4. The minimum atomic E-state index is 0.399. The third-order valence-electron chi connectivity index (χ3n) is 1.06. The average molecular weight is 148 g/mol. The van der Waals surface area contributed by atoms with Crippen LogP contribution in [0.25, 0.3) is 0 Å². The SMILES string of the molecule is C#CCNc1ccc(N)nn1. The monoisotopic (exact) mass is 148 g/mol. The Balaban J connectivity index is 2.60. The van der Waals surface area contributed by atoms with Gasteiger partial charge in [-0.05, 0) is 12.1 Å². The maximum atomic E-state index is 5.31. The summed E-state index contributed by atoms with van der Waals surface area (Å²) in [6.07, 6.45) is 5.02. The molecule has 3 N–H and O–H groups in total. The van der Waals surface area contributed by atoms with E-state index < -0.39 is 0 Å². The Bertz CT molecular complexity index is 259. The molecule has 11 heavy (non-hydrogen) atoms. The summed E-state index contributed by atoms with van der Waals surface area (Å²) < 4.78 is 0. The van der Waals surface area contributed by atoms with Crippen LogP contribution >= 0.6 is 0 Å². The number of nitrogens with two attached hydrogens (primary N) is 1. The second-order valence-corrected chi connectivity index (χ2v) is 1.90. The fourth-order valence-corrected chi connectivity index (χ4v) is 0.578. The van der Waals surface area contributed by atoms with Crippen molar-refractivity contribution in [2.24, 2.45) is 0 Å². The number of nitrogen functional groups attached to an aromatic ring is 1. The Morgan fingerprint density at radius 3 is 2.91 bits per heavy atom. The summed E-state index contributed by atoms with van der Waals surface area (Å²) in [5, 5.41) is 10.2. The molecule has 0 aliphatic rings. The van der Waals surface area contributed by atoms with Crippen LogP contribution in [-0.4, -0.2) is 16.7 Å². The zero-order valence-electron chi connectivity index (χ0n) is 5.91. The number of anilines is 2. The molecule has 0 saturated carbocycles. The molecule has 4 heteroatoms. The van der Waals surface area contributed by atoms with Gasteiger partial charge in [0.25, 0.3) is 0 Å². The lowest BCUT2D eigenvalue weighted by molar-refractivity contribution is 1.03. The first-order valence-electron chi connectivity index (χ1n) is 3.09. The van der Waals surface area contributed by atoms with E-state index in [1.165, 1.54) is 0 Å². The normalized spacial score (nSPS) is 8.64. The van der Waals surface area contributed by atoms with Gasteiger partial charge in [0, 0.05) is 0 Å². The molecule has 1 rings (SSSR count). The zero-order chi connectivity index (χ0) is 8.10. The molecule has 0 aromatic carbocycles. The molecule has 0 atom stereocenters. The molecular weight excluding hydrogens is 140 g/mol. The Hall–Kier alpha value is -1.76. The first kappa shape index (κ1) is 7.35. The molecule has 0 aliphatic heterocycles. The summed E-state index contributed by atoms with van der Waals surface area (Å²) in [7, 11) is 0. The highest BCUT2D eigenvalue weighted by atomic mass is 15.2. The van der Waals surface area contributed by atoms with E-state index in [-0.39, 0.29) is 0 Å². The Kier molecular flexibility index (Phi) is 2.28. The highest BCUT2D eigenvalue weighted by Crippen LogP contribution is 2.00. The maximum absolute atomic E-state index is 5.31. The van der Waals surface area contributed by atoms with E-state index in [1.807, 2.05) is 0 Å². The molecule has 1 heterocycles. The zero-order valence-corrected chi connectivity index (χ0v) is 5.91. The first-order valence-corrected chi connectivity index (χ1v) is 3.09. The highest BCUT2D eigenvalue weighted by Gasteiger charge is 1.90. The summed E-state index contributed by atoms with van der Waals surface area (Å²) in [5.74, 6) is 3.46. The molecule has 0 amide bonds. The number of hydrogen-bond donors (Lipinski definition) is 2. The van der Waals surface area contributed by atoms with Gasteiger partial charge in [-0.25, -0.2) is 0 Å². The van der Waals surface area contributed by atoms with Gasteiger partial charge < -0.3 is 11.1 Å². The van der Waals surface area contributed by atoms with Crippen LogP contribution in [0.2, 0.25) is 0 Å².